The maximum Gasteiger partial charge on any atom is 0.255 e. The Hall–Kier alpha value is -2.70. The predicted molar refractivity (Wildman–Crippen MR) is 107 cm³/mol. The Morgan fingerprint density at radius 1 is 1.15 bits per heavy atom. The minimum atomic E-state index is 0.0341. The van der Waals surface area contributed by atoms with Crippen LogP contribution in [0.15, 0.2) is 36.8 Å². The highest BCUT2D eigenvalue weighted by Gasteiger charge is 2.21. The summed E-state index contributed by atoms with van der Waals surface area (Å²) in [4.78, 5) is 29.9. The quantitative estimate of drug-likeness (QED) is 0.845. The summed E-state index contributed by atoms with van der Waals surface area (Å²) in [6.07, 6.45) is 7.19. The highest BCUT2D eigenvalue weighted by molar-refractivity contribution is 5.94. The van der Waals surface area contributed by atoms with E-state index in [1.807, 2.05) is 23.1 Å². The molecule has 0 saturated carbocycles. The zero-order valence-electron chi connectivity index (χ0n) is 16.1. The number of carbonyl (C=O) groups is 1. The fourth-order valence-corrected chi connectivity index (χ4v) is 3.01. The van der Waals surface area contributed by atoms with Gasteiger partial charge in [0.1, 0.15) is 5.82 Å². The van der Waals surface area contributed by atoms with E-state index < -0.39 is 0 Å². The third-order valence-corrected chi connectivity index (χ3v) is 4.96. The minimum absolute atomic E-state index is 0.0341. The van der Waals surface area contributed by atoms with Crippen LogP contribution in [-0.2, 0) is 0 Å². The van der Waals surface area contributed by atoms with Gasteiger partial charge in [0.25, 0.3) is 5.91 Å². The van der Waals surface area contributed by atoms with E-state index in [1.165, 1.54) is 0 Å². The summed E-state index contributed by atoms with van der Waals surface area (Å²) >= 11 is 0. The zero-order valence-corrected chi connectivity index (χ0v) is 16.1. The van der Waals surface area contributed by atoms with Gasteiger partial charge in [-0.05, 0) is 30.5 Å². The van der Waals surface area contributed by atoms with E-state index in [4.69, 9.17) is 0 Å². The van der Waals surface area contributed by atoms with Gasteiger partial charge < -0.3 is 15.1 Å². The molecule has 2 aromatic heterocycles. The Morgan fingerprint density at radius 3 is 2.67 bits per heavy atom. The second-order valence-corrected chi connectivity index (χ2v) is 7.01. The Labute approximate surface area is 160 Å². The smallest absolute Gasteiger partial charge is 0.255 e. The van der Waals surface area contributed by atoms with Gasteiger partial charge in [-0.3, -0.25) is 4.79 Å². The maximum absolute atomic E-state index is 12.8. The van der Waals surface area contributed by atoms with E-state index in [0.29, 0.717) is 18.0 Å². The van der Waals surface area contributed by atoms with E-state index in [1.54, 1.807) is 18.6 Å². The first-order valence-corrected chi connectivity index (χ1v) is 9.68. The first-order chi connectivity index (χ1) is 13.2. The van der Waals surface area contributed by atoms with Crippen LogP contribution in [0.1, 0.15) is 37.0 Å². The van der Waals surface area contributed by atoms with Crippen molar-refractivity contribution in [3.05, 3.63) is 42.4 Å². The molecule has 27 heavy (non-hydrogen) atoms. The van der Waals surface area contributed by atoms with Crippen molar-refractivity contribution < 1.29 is 4.79 Å². The second kappa shape index (κ2) is 9.30. The lowest BCUT2D eigenvalue weighted by atomic mass is 10.1. The number of aromatic nitrogens is 3. The third kappa shape index (κ3) is 5.15. The SMILES string of the molecule is CC[C@@H](C)CNc1ccc(C(=O)N2CCCN(c3ncccn3)CC2)cn1. The van der Waals surface area contributed by atoms with Crippen LogP contribution in [-0.4, -0.2) is 58.5 Å². The van der Waals surface area contributed by atoms with Crippen LogP contribution in [0.3, 0.4) is 0 Å². The number of anilines is 2. The molecule has 0 aliphatic carbocycles. The van der Waals surface area contributed by atoms with E-state index >= 15 is 0 Å². The summed E-state index contributed by atoms with van der Waals surface area (Å²) in [7, 11) is 0. The van der Waals surface area contributed by atoms with Gasteiger partial charge in [0, 0.05) is 51.3 Å². The Balaban J connectivity index is 1.57. The Kier molecular flexibility index (Phi) is 6.57. The molecule has 7 heteroatoms. The third-order valence-electron chi connectivity index (χ3n) is 4.96. The van der Waals surface area contributed by atoms with E-state index in [0.717, 1.165) is 50.8 Å². The van der Waals surface area contributed by atoms with Crippen molar-refractivity contribution in [1.82, 2.24) is 19.9 Å². The van der Waals surface area contributed by atoms with Crippen LogP contribution in [0.5, 0.6) is 0 Å². The Bertz CT molecular complexity index is 721. The van der Waals surface area contributed by atoms with Crippen LogP contribution in [0.25, 0.3) is 0 Å². The molecule has 1 saturated heterocycles. The number of nitrogens with one attached hydrogen (secondary N) is 1. The summed E-state index contributed by atoms with van der Waals surface area (Å²) in [5.41, 5.74) is 0.633. The zero-order chi connectivity index (χ0) is 19.1. The molecule has 1 aliphatic rings. The summed E-state index contributed by atoms with van der Waals surface area (Å²) in [5.74, 6) is 2.17. The van der Waals surface area contributed by atoms with Crippen molar-refractivity contribution in [2.45, 2.75) is 26.7 Å². The summed E-state index contributed by atoms with van der Waals surface area (Å²) in [6, 6.07) is 5.56. The molecule has 7 nitrogen and oxygen atoms in total. The topological polar surface area (TPSA) is 74.2 Å². The number of pyridine rings is 1. The molecule has 1 fully saturated rings. The number of rotatable bonds is 6. The average molecular weight is 368 g/mol. The average Bonchev–Trinajstić information content (AvgIpc) is 2.99. The molecular weight excluding hydrogens is 340 g/mol. The van der Waals surface area contributed by atoms with Crippen molar-refractivity contribution in [2.75, 3.05) is 42.9 Å². The maximum atomic E-state index is 12.8. The monoisotopic (exact) mass is 368 g/mol. The minimum Gasteiger partial charge on any atom is -0.370 e. The summed E-state index contributed by atoms with van der Waals surface area (Å²) in [5, 5.41) is 3.32. The van der Waals surface area contributed by atoms with Crippen LogP contribution in [0.4, 0.5) is 11.8 Å². The fraction of sp³-hybridized carbons (Fsp3) is 0.500. The number of carbonyl (C=O) groups excluding carboxylic acids is 1. The molecule has 0 aromatic carbocycles. The fourth-order valence-electron chi connectivity index (χ4n) is 3.01. The van der Waals surface area contributed by atoms with Gasteiger partial charge in [0.05, 0.1) is 5.56 Å². The standard InChI is InChI=1S/C20H28N6O/c1-3-16(2)14-23-18-7-6-17(15-24-18)19(27)25-10-5-11-26(13-12-25)20-21-8-4-9-22-20/h4,6-9,15-16H,3,5,10-14H2,1-2H3,(H,23,24)/t16-/m1/s1. The lowest BCUT2D eigenvalue weighted by Crippen LogP contribution is -2.35. The normalized spacial score (nSPS) is 15.9. The summed E-state index contributed by atoms with van der Waals surface area (Å²) < 4.78 is 0. The largest absolute Gasteiger partial charge is 0.370 e. The van der Waals surface area contributed by atoms with Crippen LogP contribution in [0.2, 0.25) is 0 Å². The van der Waals surface area contributed by atoms with Crippen molar-refractivity contribution >= 4 is 17.7 Å². The van der Waals surface area contributed by atoms with E-state index in [9.17, 15) is 4.79 Å². The molecule has 144 valence electrons. The highest BCUT2D eigenvalue weighted by Crippen LogP contribution is 2.14. The predicted octanol–water partition coefficient (Wildman–Crippen LogP) is 2.68. The Morgan fingerprint density at radius 2 is 1.96 bits per heavy atom. The van der Waals surface area contributed by atoms with Crippen LogP contribution < -0.4 is 10.2 Å². The van der Waals surface area contributed by atoms with Gasteiger partial charge in [-0.2, -0.15) is 0 Å². The first-order valence-electron chi connectivity index (χ1n) is 9.68. The molecule has 0 radical (unpaired) electrons. The van der Waals surface area contributed by atoms with Gasteiger partial charge in [0.2, 0.25) is 5.95 Å². The molecule has 1 aliphatic heterocycles. The molecule has 1 N–H and O–H groups in total. The molecule has 1 atom stereocenters. The van der Waals surface area contributed by atoms with Gasteiger partial charge in [0.15, 0.2) is 0 Å². The van der Waals surface area contributed by atoms with Crippen molar-refractivity contribution in [3.63, 3.8) is 0 Å². The van der Waals surface area contributed by atoms with Gasteiger partial charge in [-0.15, -0.1) is 0 Å². The summed E-state index contributed by atoms with van der Waals surface area (Å²) in [6.45, 7) is 8.24. The van der Waals surface area contributed by atoms with Crippen molar-refractivity contribution in [1.29, 1.82) is 0 Å². The molecule has 1 amide bonds. The lowest BCUT2D eigenvalue weighted by Gasteiger charge is -2.22. The molecular formula is C20H28N6O. The molecule has 3 heterocycles. The van der Waals surface area contributed by atoms with E-state index in [-0.39, 0.29) is 5.91 Å². The van der Waals surface area contributed by atoms with Crippen molar-refractivity contribution in [3.8, 4) is 0 Å². The highest BCUT2D eigenvalue weighted by atomic mass is 16.2. The van der Waals surface area contributed by atoms with Gasteiger partial charge in [-0.25, -0.2) is 15.0 Å². The molecule has 0 spiro atoms. The molecule has 0 unspecified atom stereocenters. The molecule has 3 rings (SSSR count). The first kappa shape index (κ1) is 19.1. The number of amides is 1. The van der Waals surface area contributed by atoms with Crippen LogP contribution in [0, 0.1) is 5.92 Å². The van der Waals surface area contributed by atoms with Crippen molar-refractivity contribution in [2.24, 2.45) is 5.92 Å². The second-order valence-electron chi connectivity index (χ2n) is 7.01. The number of hydrogen-bond acceptors (Lipinski definition) is 6. The molecule has 0 bridgehead atoms. The van der Waals surface area contributed by atoms with E-state index in [2.05, 4.69) is 39.0 Å². The van der Waals surface area contributed by atoms with Gasteiger partial charge >= 0.3 is 0 Å². The lowest BCUT2D eigenvalue weighted by molar-refractivity contribution is 0.0766. The number of nitrogens with zero attached hydrogens (tertiary/aromatic N) is 5. The number of hydrogen-bond donors (Lipinski definition) is 1. The van der Waals surface area contributed by atoms with Crippen LogP contribution >= 0.6 is 0 Å². The molecule has 2 aromatic rings. The van der Waals surface area contributed by atoms with Gasteiger partial charge in [-0.1, -0.05) is 20.3 Å².